The van der Waals surface area contributed by atoms with Gasteiger partial charge in [0.25, 0.3) is 0 Å². The molecular weight excluding hydrogens is 242 g/mol. The van der Waals surface area contributed by atoms with E-state index in [1.807, 2.05) is 16.8 Å². The van der Waals surface area contributed by atoms with Gasteiger partial charge in [-0.05, 0) is 39.5 Å². The van der Waals surface area contributed by atoms with Gasteiger partial charge >= 0.3 is 0 Å². The molecular formula is C7H10BrNO2S. The van der Waals surface area contributed by atoms with Crippen LogP contribution in [0.3, 0.4) is 0 Å². The highest BCUT2D eigenvalue weighted by atomic mass is 79.9. The first-order valence-electron chi connectivity index (χ1n) is 3.27. The Morgan fingerprint density at radius 2 is 2.25 bits per heavy atom. The van der Waals surface area contributed by atoms with Gasteiger partial charge in [-0.15, -0.1) is 0 Å². The molecule has 1 aliphatic rings. The fourth-order valence-corrected chi connectivity index (χ4v) is 1.39. The van der Waals surface area contributed by atoms with Gasteiger partial charge in [0.05, 0.1) is 0 Å². The van der Waals surface area contributed by atoms with Gasteiger partial charge in [-0.3, -0.25) is 0 Å². The molecule has 1 aromatic rings. The first-order chi connectivity index (χ1) is 5.81. The highest BCUT2D eigenvalue weighted by Gasteiger charge is 1.77. The van der Waals surface area contributed by atoms with Crippen LogP contribution in [0.4, 0.5) is 0 Å². The van der Waals surface area contributed by atoms with Crippen molar-refractivity contribution in [3.05, 3.63) is 21.3 Å². The molecule has 0 saturated heterocycles. The van der Waals surface area contributed by atoms with Crippen LogP contribution in [0, 0.1) is 0 Å². The molecule has 5 heteroatoms. The van der Waals surface area contributed by atoms with Gasteiger partial charge in [0, 0.05) is 16.5 Å². The van der Waals surface area contributed by atoms with E-state index in [1.54, 1.807) is 18.3 Å². The van der Waals surface area contributed by atoms with Gasteiger partial charge in [-0.25, -0.2) is 0 Å². The first-order valence-corrected chi connectivity index (χ1v) is 5.01. The monoisotopic (exact) mass is 251 g/mol. The van der Waals surface area contributed by atoms with E-state index in [2.05, 4.69) is 25.9 Å². The first kappa shape index (κ1) is 11.6. The molecule has 1 aromatic heterocycles. The molecule has 0 aliphatic carbocycles. The van der Waals surface area contributed by atoms with Gasteiger partial charge in [-0.2, -0.15) is 11.3 Å². The van der Waals surface area contributed by atoms with E-state index in [4.69, 9.17) is 5.11 Å². The van der Waals surface area contributed by atoms with Crippen LogP contribution in [-0.4, -0.2) is 18.1 Å². The molecule has 0 fully saturated rings. The molecule has 68 valence electrons. The van der Waals surface area contributed by atoms with Crippen molar-refractivity contribution < 1.29 is 9.94 Å². The third-order valence-electron chi connectivity index (χ3n) is 0.592. The van der Waals surface area contributed by atoms with E-state index in [9.17, 15) is 0 Å². The van der Waals surface area contributed by atoms with Crippen molar-refractivity contribution in [1.82, 2.24) is 0 Å². The molecule has 0 bridgehead atoms. The predicted octanol–water partition coefficient (Wildman–Crippen LogP) is 2.47. The summed E-state index contributed by atoms with van der Waals surface area (Å²) in [5, 5.41) is 14.8. The lowest BCUT2D eigenvalue weighted by Crippen LogP contribution is -1.57. The molecule has 0 unspecified atom stereocenters. The fraction of sp³-hybridized carbons (Fsp3) is 0.286. The molecule has 2 heterocycles. The second-order valence-electron chi connectivity index (χ2n) is 1.57. The summed E-state index contributed by atoms with van der Waals surface area (Å²) in [5.74, 6) is 0. The Bertz CT molecular complexity index is 197. The summed E-state index contributed by atoms with van der Waals surface area (Å²) in [5.41, 5.74) is 0. The molecule has 0 radical (unpaired) electrons. The zero-order valence-electron chi connectivity index (χ0n) is 6.61. The summed E-state index contributed by atoms with van der Waals surface area (Å²) in [7, 11) is 0. The van der Waals surface area contributed by atoms with E-state index < -0.39 is 0 Å². The smallest absolute Gasteiger partial charge is 0.249 e. The molecule has 2 rings (SSSR count). The van der Waals surface area contributed by atoms with Gasteiger partial charge in [-0.1, -0.05) is 0 Å². The fourth-order valence-electron chi connectivity index (χ4n) is 0.248. The second-order valence-corrected chi connectivity index (χ2v) is 3.27. The largest absolute Gasteiger partial charge is 0.397 e. The van der Waals surface area contributed by atoms with Crippen molar-refractivity contribution in [2.45, 2.75) is 6.92 Å². The van der Waals surface area contributed by atoms with Crippen LogP contribution < -0.4 is 0 Å². The van der Waals surface area contributed by atoms with Crippen LogP contribution in [-0.2, 0) is 4.84 Å². The number of hydrogen-bond acceptors (Lipinski definition) is 4. The van der Waals surface area contributed by atoms with Crippen LogP contribution >= 0.6 is 27.3 Å². The van der Waals surface area contributed by atoms with Crippen LogP contribution in [0.5, 0.6) is 0 Å². The second kappa shape index (κ2) is 8.70. The highest BCUT2D eigenvalue weighted by Crippen LogP contribution is 2.11. The van der Waals surface area contributed by atoms with Gasteiger partial charge in [0.15, 0.2) is 0 Å². The summed E-state index contributed by atoms with van der Waals surface area (Å²) < 4.78 is 1.17. The molecule has 3 nitrogen and oxygen atoms in total. The standard InChI is InChI=1S/C4H3BrS.C2H6O.CHNO/c5-4-1-2-6-3-4;1-2-3;1-2-3-1/h1-3H;3H,2H2,1H3;1H. The molecule has 12 heavy (non-hydrogen) atoms. The van der Waals surface area contributed by atoms with Crippen molar-refractivity contribution >= 4 is 33.7 Å². The Balaban J connectivity index is 0.000000171. The topological polar surface area (TPSA) is 45.1 Å². The molecule has 1 aliphatic heterocycles. The Hall–Kier alpha value is -0.390. The maximum atomic E-state index is 7.57. The number of oxime groups is 1. The lowest BCUT2D eigenvalue weighted by molar-refractivity contribution is 0.318. The van der Waals surface area contributed by atoms with Gasteiger partial charge in [0.2, 0.25) is 6.40 Å². The summed E-state index contributed by atoms with van der Waals surface area (Å²) in [6.45, 7) is 1.93. The van der Waals surface area contributed by atoms with E-state index in [0.717, 1.165) is 0 Å². The summed E-state index contributed by atoms with van der Waals surface area (Å²) in [4.78, 5) is 4.00. The number of rotatable bonds is 0. The van der Waals surface area contributed by atoms with Gasteiger partial charge < -0.3 is 9.94 Å². The Morgan fingerprint density at radius 3 is 2.33 bits per heavy atom. The van der Waals surface area contributed by atoms with Crippen LogP contribution in [0.2, 0.25) is 0 Å². The molecule has 0 aromatic carbocycles. The van der Waals surface area contributed by atoms with E-state index in [0.29, 0.717) is 0 Å². The molecule has 1 N–H and O–H groups in total. The lowest BCUT2D eigenvalue weighted by Gasteiger charge is -1.62. The quantitative estimate of drug-likeness (QED) is 0.770. The van der Waals surface area contributed by atoms with E-state index in [1.165, 1.54) is 10.9 Å². The highest BCUT2D eigenvalue weighted by molar-refractivity contribution is 9.10. The average molecular weight is 252 g/mol. The number of thiophene rings is 1. The van der Waals surface area contributed by atoms with Crippen LogP contribution in [0.25, 0.3) is 0 Å². The molecule has 0 saturated carbocycles. The number of aliphatic hydroxyl groups excluding tert-OH is 1. The third-order valence-corrected chi connectivity index (χ3v) is 2.07. The number of aliphatic hydroxyl groups is 1. The zero-order chi connectivity index (χ0) is 9.23. The van der Waals surface area contributed by atoms with Crippen molar-refractivity contribution in [3.8, 4) is 0 Å². The summed E-state index contributed by atoms with van der Waals surface area (Å²) in [6.07, 6.45) is 1.38. The Kier molecular flexibility index (Phi) is 8.42. The van der Waals surface area contributed by atoms with Crippen LogP contribution in [0.15, 0.2) is 26.5 Å². The molecule has 0 spiro atoms. The van der Waals surface area contributed by atoms with E-state index >= 15 is 0 Å². The summed E-state index contributed by atoms with van der Waals surface area (Å²) >= 11 is 4.98. The third kappa shape index (κ3) is 12.3. The maximum Gasteiger partial charge on any atom is 0.249 e. The molecule has 0 atom stereocenters. The number of nitrogens with zero attached hydrogens (tertiary/aromatic N) is 1. The lowest BCUT2D eigenvalue weighted by atomic mass is 10.7. The normalized spacial score (nSPS) is 9.92. The maximum absolute atomic E-state index is 7.57. The summed E-state index contributed by atoms with van der Waals surface area (Å²) in [6, 6.07) is 2.02. The minimum atomic E-state index is 0.250. The number of halogens is 1. The van der Waals surface area contributed by atoms with Crippen molar-refractivity contribution in [2.24, 2.45) is 5.16 Å². The minimum Gasteiger partial charge on any atom is -0.397 e. The average Bonchev–Trinajstić information content (AvgIpc) is 2.84. The predicted molar refractivity (Wildman–Crippen MR) is 54.4 cm³/mol. The van der Waals surface area contributed by atoms with Crippen molar-refractivity contribution in [1.29, 1.82) is 0 Å². The minimum absolute atomic E-state index is 0.250. The van der Waals surface area contributed by atoms with Crippen molar-refractivity contribution in [2.75, 3.05) is 6.61 Å². The van der Waals surface area contributed by atoms with E-state index in [-0.39, 0.29) is 6.61 Å². The van der Waals surface area contributed by atoms with Crippen molar-refractivity contribution in [3.63, 3.8) is 0 Å². The SMILES string of the molecule is Brc1ccsc1.C1=NO1.CCO. The van der Waals surface area contributed by atoms with Gasteiger partial charge in [0.1, 0.15) is 0 Å². The molecule has 0 amide bonds. The van der Waals surface area contributed by atoms with Crippen LogP contribution in [0.1, 0.15) is 6.92 Å². The Labute approximate surface area is 83.8 Å². The number of hydrogen-bond donors (Lipinski definition) is 1. The Morgan fingerprint density at radius 1 is 1.75 bits per heavy atom. The zero-order valence-corrected chi connectivity index (χ0v) is 9.01.